The molecule has 1 N–H and O–H groups in total. The summed E-state index contributed by atoms with van der Waals surface area (Å²) in [6, 6.07) is 9.18. The molecule has 0 saturated heterocycles. The van der Waals surface area contributed by atoms with Gasteiger partial charge in [-0.05, 0) is 30.1 Å². The van der Waals surface area contributed by atoms with Crippen LogP contribution in [0.3, 0.4) is 0 Å². The Balaban J connectivity index is 1.70. The molecule has 2 aromatic heterocycles. The molecule has 0 saturated carbocycles. The molecular weight excluding hydrogens is 352 g/mol. The Morgan fingerprint density at radius 2 is 2.08 bits per heavy atom. The van der Waals surface area contributed by atoms with Crippen molar-refractivity contribution in [2.24, 2.45) is 0 Å². The molecule has 1 amide bonds. The van der Waals surface area contributed by atoms with E-state index in [4.69, 9.17) is 0 Å². The predicted octanol–water partition coefficient (Wildman–Crippen LogP) is 1.05. The van der Waals surface area contributed by atoms with Crippen molar-refractivity contribution in [3.05, 3.63) is 47.2 Å². The monoisotopic (exact) mass is 372 g/mol. The van der Waals surface area contributed by atoms with Crippen LogP contribution in [0.4, 0.5) is 5.13 Å². The first kappa shape index (κ1) is 18.1. The summed E-state index contributed by atoms with van der Waals surface area (Å²) in [6.07, 6.45) is 2.71. The van der Waals surface area contributed by atoms with Gasteiger partial charge in [0.25, 0.3) is 5.91 Å². The second kappa shape index (κ2) is 8.59. The summed E-state index contributed by atoms with van der Waals surface area (Å²) in [4.78, 5) is 14.9. The number of hydrogen-bond donors (Lipinski definition) is 1. The number of amides is 1. The standard InChI is InChI=1S/C16H20N8OS/c1-23(2)9-8-14-19-20-16(26-14)18-15(25)13(24-11-17-21-22-24)10-12-6-4-3-5-7-12/h3-7,11,13H,8-10H2,1-2H3,(H,18,20,25). The first-order valence-corrected chi connectivity index (χ1v) is 8.98. The van der Waals surface area contributed by atoms with Crippen LogP contribution >= 0.6 is 11.3 Å². The molecule has 3 rings (SSSR count). The Bertz CT molecular complexity index is 818. The van der Waals surface area contributed by atoms with Gasteiger partial charge in [0.15, 0.2) is 0 Å². The number of rotatable bonds is 8. The Kier molecular flexibility index (Phi) is 5.97. The molecule has 9 nitrogen and oxygen atoms in total. The summed E-state index contributed by atoms with van der Waals surface area (Å²) in [6.45, 7) is 0.879. The normalized spacial score (nSPS) is 12.3. The number of tetrazole rings is 1. The number of likely N-dealkylation sites (N-methyl/N-ethyl adjacent to an activating group) is 1. The maximum atomic E-state index is 12.8. The third-order valence-corrected chi connectivity index (χ3v) is 4.63. The van der Waals surface area contributed by atoms with E-state index in [0.717, 1.165) is 23.5 Å². The van der Waals surface area contributed by atoms with Crippen molar-refractivity contribution in [1.82, 2.24) is 35.3 Å². The van der Waals surface area contributed by atoms with Gasteiger partial charge in [0, 0.05) is 19.4 Å². The Morgan fingerprint density at radius 1 is 1.27 bits per heavy atom. The minimum absolute atomic E-state index is 0.225. The summed E-state index contributed by atoms with van der Waals surface area (Å²) < 4.78 is 1.45. The fourth-order valence-electron chi connectivity index (χ4n) is 2.37. The quantitative estimate of drug-likeness (QED) is 0.630. The van der Waals surface area contributed by atoms with E-state index in [1.165, 1.54) is 22.3 Å². The zero-order valence-corrected chi connectivity index (χ0v) is 15.4. The minimum atomic E-state index is -0.568. The van der Waals surface area contributed by atoms with E-state index in [2.05, 4.69) is 35.9 Å². The van der Waals surface area contributed by atoms with Crippen molar-refractivity contribution < 1.29 is 4.79 Å². The molecule has 26 heavy (non-hydrogen) atoms. The Hall–Kier alpha value is -2.72. The number of hydrogen-bond acceptors (Lipinski definition) is 8. The molecule has 0 bridgehead atoms. The lowest BCUT2D eigenvalue weighted by molar-refractivity contribution is -0.119. The largest absolute Gasteiger partial charge is 0.309 e. The second-order valence-corrected chi connectivity index (χ2v) is 7.10. The van der Waals surface area contributed by atoms with E-state index in [0.29, 0.717) is 11.6 Å². The Morgan fingerprint density at radius 3 is 2.77 bits per heavy atom. The molecule has 3 aromatic rings. The Labute approximate surface area is 155 Å². The number of carbonyl (C=O) groups excluding carboxylic acids is 1. The summed E-state index contributed by atoms with van der Waals surface area (Å²) >= 11 is 1.38. The predicted molar refractivity (Wildman–Crippen MR) is 97.8 cm³/mol. The molecule has 2 heterocycles. The highest BCUT2D eigenvalue weighted by Crippen LogP contribution is 2.19. The average Bonchev–Trinajstić information content (AvgIpc) is 3.30. The summed E-state index contributed by atoms with van der Waals surface area (Å²) in [5.41, 5.74) is 1.02. The van der Waals surface area contributed by atoms with E-state index in [-0.39, 0.29) is 5.91 Å². The minimum Gasteiger partial charge on any atom is -0.309 e. The first-order chi connectivity index (χ1) is 12.6. The van der Waals surface area contributed by atoms with Crippen LogP contribution in [-0.4, -0.2) is 61.9 Å². The van der Waals surface area contributed by atoms with Crippen molar-refractivity contribution in [3.8, 4) is 0 Å². The lowest BCUT2D eigenvalue weighted by atomic mass is 10.1. The molecular formula is C16H20N8OS. The van der Waals surface area contributed by atoms with E-state index in [9.17, 15) is 4.79 Å². The van der Waals surface area contributed by atoms with Crippen LogP contribution in [0.1, 0.15) is 16.6 Å². The van der Waals surface area contributed by atoms with E-state index < -0.39 is 6.04 Å². The number of nitrogens with one attached hydrogen (secondary N) is 1. The number of anilines is 1. The first-order valence-electron chi connectivity index (χ1n) is 8.16. The molecule has 0 fully saturated rings. The zero-order valence-electron chi connectivity index (χ0n) is 14.6. The second-order valence-electron chi connectivity index (χ2n) is 6.04. The van der Waals surface area contributed by atoms with Gasteiger partial charge in [-0.25, -0.2) is 4.68 Å². The van der Waals surface area contributed by atoms with Crippen LogP contribution in [0, 0.1) is 0 Å². The fraction of sp³-hybridized carbons (Fsp3) is 0.375. The van der Waals surface area contributed by atoms with E-state index in [1.807, 2.05) is 44.4 Å². The van der Waals surface area contributed by atoms with Crippen molar-refractivity contribution >= 4 is 22.4 Å². The van der Waals surface area contributed by atoms with Crippen LogP contribution in [0.15, 0.2) is 36.7 Å². The summed E-state index contributed by atoms with van der Waals surface area (Å²) in [7, 11) is 4.01. The van der Waals surface area contributed by atoms with Crippen LogP contribution in [0.2, 0.25) is 0 Å². The average molecular weight is 372 g/mol. The van der Waals surface area contributed by atoms with Crippen LogP contribution in [0.25, 0.3) is 0 Å². The van der Waals surface area contributed by atoms with Crippen LogP contribution < -0.4 is 5.32 Å². The van der Waals surface area contributed by atoms with Gasteiger partial charge in [0.1, 0.15) is 17.4 Å². The topological polar surface area (TPSA) is 102 Å². The number of nitrogens with zero attached hydrogens (tertiary/aromatic N) is 7. The van der Waals surface area contributed by atoms with Gasteiger partial charge in [-0.15, -0.1) is 15.3 Å². The van der Waals surface area contributed by atoms with E-state index >= 15 is 0 Å². The molecule has 1 atom stereocenters. The molecule has 0 aliphatic carbocycles. The third kappa shape index (κ3) is 4.90. The fourth-order valence-corrected chi connectivity index (χ4v) is 3.10. The van der Waals surface area contributed by atoms with Crippen LogP contribution in [-0.2, 0) is 17.6 Å². The molecule has 0 aliphatic heterocycles. The lowest BCUT2D eigenvalue weighted by Gasteiger charge is -2.15. The SMILES string of the molecule is CN(C)CCc1nnc(NC(=O)C(Cc2ccccc2)n2cnnn2)s1. The number of benzene rings is 1. The lowest BCUT2D eigenvalue weighted by Crippen LogP contribution is -2.28. The van der Waals surface area contributed by atoms with Crippen molar-refractivity contribution in [3.63, 3.8) is 0 Å². The molecule has 0 spiro atoms. The maximum absolute atomic E-state index is 12.8. The maximum Gasteiger partial charge on any atom is 0.251 e. The van der Waals surface area contributed by atoms with Crippen molar-refractivity contribution in [2.45, 2.75) is 18.9 Å². The van der Waals surface area contributed by atoms with Crippen molar-refractivity contribution in [1.29, 1.82) is 0 Å². The summed E-state index contributed by atoms with van der Waals surface area (Å²) in [5.74, 6) is -0.225. The van der Waals surface area contributed by atoms with Gasteiger partial charge >= 0.3 is 0 Å². The van der Waals surface area contributed by atoms with Gasteiger partial charge in [-0.2, -0.15) is 0 Å². The van der Waals surface area contributed by atoms with Gasteiger partial charge < -0.3 is 4.90 Å². The van der Waals surface area contributed by atoms with Crippen LogP contribution in [0.5, 0.6) is 0 Å². The highest BCUT2D eigenvalue weighted by atomic mass is 32.1. The molecule has 10 heteroatoms. The van der Waals surface area contributed by atoms with Gasteiger partial charge in [-0.3, -0.25) is 10.1 Å². The molecule has 1 aromatic carbocycles. The van der Waals surface area contributed by atoms with Crippen molar-refractivity contribution in [2.75, 3.05) is 26.0 Å². The molecule has 0 aliphatic rings. The van der Waals surface area contributed by atoms with Gasteiger partial charge in [0.05, 0.1) is 0 Å². The third-order valence-electron chi connectivity index (χ3n) is 3.73. The van der Waals surface area contributed by atoms with Gasteiger partial charge in [0.2, 0.25) is 5.13 Å². The van der Waals surface area contributed by atoms with E-state index in [1.54, 1.807) is 0 Å². The van der Waals surface area contributed by atoms with Gasteiger partial charge in [-0.1, -0.05) is 41.7 Å². The zero-order chi connectivity index (χ0) is 18.4. The number of aromatic nitrogens is 6. The molecule has 1 unspecified atom stereocenters. The molecule has 0 radical (unpaired) electrons. The highest BCUT2D eigenvalue weighted by Gasteiger charge is 2.23. The highest BCUT2D eigenvalue weighted by molar-refractivity contribution is 7.15. The number of carbonyl (C=O) groups is 1. The summed E-state index contributed by atoms with van der Waals surface area (Å²) in [5, 5.41) is 23.6. The smallest absolute Gasteiger partial charge is 0.251 e. The molecule has 136 valence electrons.